The van der Waals surface area contributed by atoms with Crippen LogP contribution in [0, 0.1) is 13.8 Å². The average Bonchev–Trinajstić information content (AvgIpc) is 2.44. The molecule has 1 atom stereocenters. The molecule has 0 spiro atoms. The molecule has 0 bridgehead atoms. The minimum atomic E-state index is -0.599. The van der Waals surface area contributed by atoms with E-state index in [0.717, 1.165) is 20.2 Å². The van der Waals surface area contributed by atoms with Gasteiger partial charge in [0.15, 0.2) is 6.10 Å². The smallest absolute Gasteiger partial charge is 0.265 e. The van der Waals surface area contributed by atoms with Crippen molar-refractivity contribution in [3.8, 4) is 5.75 Å². The highest BCUT2D eigenvalue weighted by molar-refractivity contribution is 9.11. The number of rotatable bonds is 4. The van der Waals surface area contributed by atoms with Crippen LogP contribution in [0.3, 0.4) is 0 Å². The van der Waals surface area contributed by atoms with Gasteiger partial charge in [-0.2, -0.15) is 0 Å². The lowest BCUT2D eigenvalue weighted by Gasteiger charge is -2.17. The van der Waals surface area contributed by atoms with Crippen molar-refractivity contribution in [2.75, 3.05) is 5.32 Å². The number of ether oxygens (including phenoxy) is 1. The van der Waals surface area contributed by atoms with E-state index >= 15 is 0 Å². The summed E-state index contributed by atoms with van der Waals surface area (Å²) in [6.07, 6.45) is -0.599. The summed E-state index contributed by atoms with van der Waals surface area (Å²) < 4.78 is 7.46. The summed E-state index contributed by atoms with van der Waals surface area (Å²) in [6.45, 7) is 5.72. The lowest BCUT2D eigenvalue weighted by atomic mass is 10.1. The van der Waals surface area contributed by atoms with Gasteiger partial charge in [-0.15, -0.1) is 0 Å². The van der Waals surface area contributed by atoms with Crippen LogP contribution < -0.4 is 10.1 Å². The molecular formula is C17H17Br2NO2. The first-order valence-electron chi connectivity index (χ1n) is 6.86. The van der Waals surface area contributed by atoms with E-state index in [-0.39, 0.29) is 5.91 Å². The molecule has 2 aromatic rings. The van der Waals surface area contributed by atoms with Gasteiger partial charge >= 0.3 is 0 Å². The molecular weight excluding hydrogens is 410 g/mol. The van der Waals surface area contributed by atoms with Crippen LogP contribution >= 0.6 is 31.9 Å². The lowest BCUT2D eigenvalue weighted by Crippen LogP contribution is -2.30. The van der Waals surface area contributed by atoms with E-state index in [4.69, 9.17) is 4.74 Å². The van der Waals surface area contributed by atoms with Crippen LogP contribution in [0.5, 0.6) is 5.75 Å². The molecule has 3 nitrogen and oxygen atoms in total. The van der Waals surface area contributed by atoms with Gasteiger partial charge in [0, 0.05) is 10.2 Å². The van der Waals surface area contributed by atoms with Gasteiger partial charge in [0.1, 0.15) is 5.75 Å². The molecule has 0 heterocycles. The van der Waals surface area contributed by atoms with Crippen molar-refractivity contribution >= 4 is 43.5 Å². The van der Waals surface area contributed by atoms with E-state index in [9.17, 15) is 4.79 Å². The molecule has 0 aliphatic carbocycles. The number of carbonyl (C=O) groups excluding carboxylic acids is 1. The maximum atomic E-state index is 12.3. The van der Waals surface area contributed by atoms with Crippen LogP contribution in [0.25, 0.3) is 0 Å². The maximum absolute atomic E-state index is 12.3. The molecule has 0 aliphatic heterocycles. The largest absolute Gasteiger partial charge is 0.480 e. The van der Waals surface area contributed by atoms with Crippen molar-refractivity contribution in [1.82, 2.24) is 0 Å². The Morgan fingerprint density at radius 1 is 1.14 bits per heavy atom. The highest BCUT2D eigenvalue weighted by Gasteiger charge is 2.17. The minimum absolute atomic E-state index is 0.179. The second-order valence-corrected chi connectivity index (χ2v) is 6.91. The maximum Gasteiger partial charge on any atom is 0.265 e. The number of hydrogen-bond acceptors (Lipinski definition) is 2. The highest BCUT2D eigenvalue weighted by atomic mass is 79.9. The van der Waals surface area contributed by atoms with E-state index in [2.05, 4.69) is 37.2 Å². The van der Waals surface area contributed by atoms with Gasteiger partial charge in [0.25, 0.3) is 5.91 Å². The average molecular weight is 427 g/mol. The van der Waals surface area contributed by atoms with Crippen LogP contribution in [-0.2, 0) is 4.79 Å². The number of anilines is 1. The zero-order valence-electron chi connectivity index (χ0n) is 12.6. The van der Waals surface area contributed by atoms with E-state index < -0.39 is 6.10 Å². The Balaban J connectivity index is 2.05. The van der Waals surface area contributed by atoms with Crippen molar-refractivity contribution in [3.63, 3.8) is 0 Å². The highest BCUT2D eigenvalue weighted by Crippen LogP contribution is 2.29. The Morgan fingerprint density at radius 3 is 2.50 bits per heavy atom. The first-order valence-corrected chi connectivity index (χ1v) is 8.45. The summed E-state index contributed by atoms with van der Waals surface area (Å²) in [7, 11) is 0. The molecule has 0 fully saturated rings. The molecule has 0 saturated heterocycles. The summed E-state index contributed by atoms with van der Waals surface area (Å²) >= 11 is 6.81. The van der Waals surface area contributed by atoms with Gasteiger partial charge in [-0.25, -0.2) is 0 Å². The first-order chi connectivity index (χ1) is 10.4. The van der Waals surface area contributed by atoms with Crippen LogP contribution in [0.4, 0.5) is 5.69 Å². The van der Waals surface area contributed by atoms with Crippen molar-refractivity contribution in [1.29, 1.82) is 0 Å². The Morgan fingerprint density at radius 2 is 1.86 bits per heavy atom. The van der Waals surface area contributed by atoms with Crippen molar-refractivity contribution in [3.05, 3.63) is 56.5 Å². The van der Waals surface area contributed by atoms with Crippen molar-refractivity contribution < 1.29 is 9.53 Å². The van der Waals surface area contributed by atoms with Gasteiger partial charge in [-0.05, 0) is 66.5 Å². The quantitative estimate of drug-likeness (QED) is 0.726. The summed E-state index contributed by atoms with van der Waals surface area (Å²) in [5.41, 5.74) is 3.00. The van der Waals surface area contributed by atoms with E-state index in [1.54, 1.807) is 6.92 Å². The minimum Gasteiger partial charge on any atom is -0.480 e. The van der Waals surface area contributed by atoms with Gasteiger partial charge in [0.05, 0.1) is 4.47 Å². The molecule has 0 radical (unpaired) electrons. The number of halogens is 2. The molecule has 22 heavy (non-hydrogen) atoms. The molecule has 1 N–H and O–H groups in total. The monoisotopic (exact) mass is 425 g/mol. The Labute approximate surface area is 147 Å². The molecule has 116 valence electrons. The zero-order valence-corrected chi connectivity index (χ0v) is 15.8. The van der Waals surface area contributed by atoms with Crippen LogP contribution in [0.15, 0.2) is 45.3 Å². The molecule has 5 heteroatoms. The van der Waals surface area contributed by atoms with Gasteiger partial charge in [-0.1, -0.05) is 33.6 Å². The topological polar surface area (TPSA) is 38.3 Å². The summed E-state index contributed by atoms with van der Waals surface area (Å²) in [4.78, 5) is 12.3. The predicted molar refractivity (Wildman–Crippen MR) is 96.5 cm³/mol. The number of hydrogen-bond donors (Lipinski definition) is 1. The molecule has 0 aliphatic rings. The van der Waals surface area contributed by atoms with Crippen molar-refractivity contribution in [2.24, 2.45) is 0 Å². The fourth-order valence-electron chi connectivity index (χ4n) is 2.00. The summed E-state index contributed by atoms with van der Waals surface area (Å²) in [5.74, 6) is 0.452. The van der Waals surface area contributed by atoms with Gasteiger partial charge in [-0.3, -0.25) is 4.79 Å². The van der Waals surface area contributed by atoms with E-state index in [1.165, 1.54) is 5.56 Å². The number of nitrogens with one attached hydrogen (secondary N) is 1. The fourth-order valence-corrected chi connectivity index (χ4v) is 3.14. The predicted octanol–water partition coefficient (Wildman–Crippen LogP) is 5.23. The molecule has 0 saturated carbocycles. The normalized spacial score (nSPS) is 11.9. The Kier molecular flexibility index (Phi) is 5.64. The third-order valence-electron chi connectivity index (χ3n) is 3.21. The summed E-state index contributed by atoms with van der Waals surface area (Å²) in [6, 6.07) is 11.5. The second-order valence-electron chi connectivity index (χ2n) is 5.14. The van der Waals surface area contributed by atoms with E-state index in [1.807, 2.05) is 50.2 Å². The van der Waals surface area contributed by atoms with Gasteiger partial charge < -0.3 is 10.1 Å². The van der Waals surface area contributed by atoms with Crippen LogP contribution in [-0.4, -0.2) is 12.0 Å². The third kappa shape index (κ3) is 4.34. The lowest BCUT2D eigenvalue weighted by molar-refractivity contribution is -0.122. The van der Waals surface area contributed by atoms with Crippen LogP contribution in [0.1, 0.15) is 18.1 Å². The SMILES string of the molecule is Cc1ccc(NC(=O)C(C)Oc2ccc(Br)cc2Br)c(C)c1. The fraction of sp³-hybridized carbons (Fsp3) is 0.235. The third-order valence-corrected chi connectivity index (χ3v) is 4.32. The molecule has 0 aromatic heterocycles. The van der Waals surface area contributed by atoms with Gasteiger partial charge in [0.2, 0.25) is 0 Å². The number of aryl methyl sites for hydroxylation is 2. The molecule has 1 amide bonds. The second kappa shape index (κ2) is 7.29. The molecule has 1 unspecified atom stereocenters. The molecule has 2 rings (SSSR count). The zero-order chi connectivity index (χ0) is 16.3. The standard InChI is InChI=1S/C17H17Br2NO2/c1-10-4-6-15(11(2)8-10)20-17(21)12(3)22-16-7-5-13(18)9-14(16)19/h4-9,12H,1-3H3,(H,20,21). The van der Waals surface area contributed by atoms with Crippen LogP contribution in [0.2, 0.25) is 0 Å². The summed E-state index contributed by atoms with van der Waals surface area (Å²) in [5, 5.41) is 2.90. The number of amides is 1. The number of carbonyl (C=O) groups is 1. The molecule has 2 aromatic carbocycles. The van der Waals surface area contributed by atoms with E-state index in [0.29, 0.717) is 5.75 Å². The number of benzene rings is 2. The Bertz CT molecular complexity index is 701. The Hall–Kier alpha value is -1.33. The van der Waals surface area contributed by atoms with Crippen molar-refractivity contribution in [2.45, 2.75) is 26.9 Å². The first kappa shape index (κ1) is 17.0.